The molecule has 6 nitrogen and oxygen atoms in total. The van der Waals surface area contributed by atoms with E-state index in [4.69, 9.17) is 4.52 Å². The number of carbonyl (C=O) groups is 2. The molecule has 2 heterocycles. The van der Waals surface area contributed by atoms with E-state index >= 15 is 0 Å². The number of nitrogens with one attached hydrogen (secondary N) is 1. The molecule has 1 saturated heterocycles. The summed E-state index contributed by atoms with van der Waals surface area (Å²) in [4.78, 5) is 25.6. The van der Waals surface area contributed by atoms with Crippen molar-refractivity contribution in [2.45, 2.75) is 33.2 Å². The van der Waals surface area contributed by atoms with Crippen LogP contribution >= 0.6 is 0 Å². The number of piperidine rings is 1. The third-order valence-electron chi connectivity index (χ3n) is 4.78. The zero-order valence-corrected chi connectivity index (χ0v) is 14.6. The molecule has 3 rings (SSSR count). The van der Waals surface area contributed by atoms with Crippen molar-refractivity contribution in [3.8, 4) is 11.3 Å². The van der Waals surface area contributed by atoms with Crippen LogP contribution in [0, 0.1) is 12.8 Å². The summed E-state index contributed by atoms with van der Waals surface area (Å²) in [7, 11) is 0. The van der Waals surface area contributed by atoms with Gasteiger partial charge in [-0.25, -0.2) is 0 Å². The Morgan fingerprint density at radius 3 is 2.56 bits per heavy atom. The number of aromatic nitrogens is 1. The predicted molar refractivity (Wildman–Crippen MR) is 93.5 cm³/mol. The van der Waals surface area contributed by atoms with Crippen molar-refractivity contribution >= 4 is 11.8 Å². The summed E-state index contributed by atoms with van der Waals surface area (Å²) < 4.78 is 5.32. The Morgan fingerprint density at radius 1 is 1.24 bits per heavy atom. The largest absolute Gasteiger partial charge is 0.361 e. The van der Waals surface area contributed by atoms with Crippen LogP contribution < -0.4 is 5.32 Å². The number of hydrogen-bond acceptors (Lipinski definition) is 4. The van der Waals surface area contributed by atoms with Gasteiger partial charge in [0.05, 0.1) is 0 Å². The Morgan fingerprint density at radius 2 is 1.92 bits per heavy atom. The molecule has 2 amide bonds. The lowest BCUT2D eigenvalue weighted by Crippen LogP contribution is -2.42. The molecule has 0 bridgehead atoms. The Bertz CT molecular complexity index is 747. The highest BCUT2D eigenvalue weighted by atomic mass is 16.5. The van der Waals surface area contributed by atoms with Crippen molar-refractivity contribution in [1.29, 1.82) is 0 Å². The van der Waals surface area contributed by atoms with Crippen molar-refractivity contribution in [2.24, 2.45) is 5.92 Å². The average molecular weight is 341 g/mol. The van der Waals surface area contributed by atoms with Crippen LogP contribution in [0.5, 0.6) is 0 Å². The van der Waals surface area contributed by atoms with E-state index in [1.54, 1.807) is 11.8 Å². The first-order valence-corrected chi connectivity index (χ1v) is 8.60. The first-order valence-electron chi connectivity index (χ1n) is 8.60. The van der Waals surface area contributed by atoms with Crippen LogP contribution in [-0.4, -0.2) is 35.0 Å². The Balaban J connectivity index is 1.62. The molecule has 2 aromatic rings. The van der Waals surface area contributed by atoms with Gasteiger partial charge in [-0.15, -0.1) is 0 Å². The molecule has 1 N–H and O–H groups in total. The molecule has 1 fully saturated rings. The third-order valence-corrected chi connectivity index (χ3v) is 4.78. The summed E-state index contributed by atoms with van der Waals surface area (Å²) in [6.07, 6.45) is 1.42. The van der Waals surface area contributed by atoms with Gasteiger partial charge in [-0.1, -0.05) is 35.5 Å². The Labute approximate surface area is 147 Å². The van der Waals surface area contributed by atoms with Gasteiger partial charge in [-0.2, -0.15) is 0 Å². The van der Waals surface area contributed by atoms with Crippen LogP contribution in [0.25, 0.3) is 11.3 Å². The number of benzene rings is 1. The summed E-state index contributed by atoms with van der Waals surface area (Å²) >= 11 is 0. The number of rotatable bonds is 4. The zero-order chi connectivity index (χ0) is 17.8. The minimum atomic E-state index is -0.0454. The van der Waals surface area contributed by atoms with Gasteiger partial charge in [0.25, 0.3) is 0 Å². The molecule has 0 aliphatic carbocycles. The zero-order valence-electron chi connectivity index (χ0n) is 14.6. The lowest BCUT2D eigenvalue weighted by Gasteiger charge is -2.30. The van der Waals surface area contributed by atoms with Crippen LogP contribution in [0.3, 0.4) is 0 Å². The van der Waals surface area contributed by atoms with Crippen LogP contribution in [0.1, 0.15) is 31.1 Å². The highest BCUT2D eigenvalue weighted by Gasteiger charge is 2.26. The Hall–Kier alpha value is -2.63. The summed E-state index contributed by atoms with van der Waals surface area (Å²) in [6.45, 7) is 5.11. The smallest absolute Gasteiger partial charge is 0.223 e. The molecule has 1 aliphatic rings. The lowest BCUT2D eigenvalue weighted by atomic mass is 9.95. The summed E-state index contributed by atoms with van der Waals surface area (Å²) in [5.74, 6) is 0.774. The van der Waals surface area contributed by atoms with Gasteiger partial charge in [0.1, 0.15) is 11.5 Å². The van der Waals surface area contributed by atoms with Crippen molar-refractivity contribution in [2.75, 3.05) is 13.1 Å². The van der Waals surface area contributed by atoms with Crippen molar-refractivity contribution < 1.29 is 14.1 Å². The van der Waals surface area contributed by atoms with Gasteiger partial charge < -0.3 is 14.7 Å². The molecular weight excluding hydrogens is 318 g/mol. The van der Waals surface area contributed by atoms with Crippen LogP contribution in [-0.2, 0) is 16.1 Å². The molecule has 1 aromatic carbocycles. The second-order valence-corrected chi connectivity index (χ2v) is 6.43. The van der Waals surface area contributed by atoms with E-state index in [9.17, 15) is 9.59 Å². The van der Waals surface area contributed by atoms with E-state index in [2.05, 4.69) is 10.5 Å². The molecule has 0 radical (unpaired) electrons. The maximum Gasteiger partial charge on any atom is 0.223 e. The van der Waals surface area contributed by atoms with E-state index in [1.807, 2.05) is 37.3 Å². The second-order valence-electron chi connectivity index (χ2n) is 6.43. The van der Waals surface area contributed by atoms with Gasteiger partial charge in [-0.3, -0.25) is 9.59 Å². The van der Waals surface area contributed by atoms with Crippen molar-refractivity contribution in [1.82, 2.24) is 15.4 Å². The number of carbonyl (C=O) groups excluding carboxylic acids is 2. The van der Waals surface area contributed by atoms with E-state index < -0.39 is 0 Å². The first kappa shape index (κ1) is 17.2. The second kappa shape index (κ2) is 7.51. The summed E-state index contributed by atoms with van der Waals surface area (Å²) in [5.41, 5.74) is 2.64. The molecular formula is C19H23N3O3. The fraction of sp³-hybridized carbons (Fsp3) is 0.421. The molecule has 0 saturated carbocycles. The molecule has 1 aliphatic heterocycles. The van der Waals surface area contributed by atoms with E-state index in [0.717, 1.165) is 16.8 Å². The number of nitrogens with zero attached hydrogens (tertiary/aromatic N) is 2. The fourth-order valence-corrected chi connectivity index (χ4v) is 3.20. The van der Waals surface area contributed by atoms with E-state index in [-0.39, 0.29) is 17.7 Å². The predicted octanol–water partition coefficient (Wildman–Crippen LogP) is 2.52. The molecule has 6 heteroatoms. The highest BCUT2D eigenvalue weighted by Crippen LogP contribution is 2.25. The molecule has 0 unspecified atom stereocenters. The third kappa shape index (κ3) is 3.90. The SMILES string of the molecule is CC(=O)N1CCC(C(=O)NCc2c(-c3ccccc3)noc2C)CC1. The van der Waals surface area contributed by atoms with Crippen molar-refractivity contribution in [3.05, 3.63) is 41.7 Å². The molecule has 0 atom stereocenters. The van der Waals surface area contributed by atoms with Gasteiger partial charge in [-0.05, 0) is 19.8 Å². The highest BCUT2D eigenvalue weighted by molar-refractivity contribution is 5.80. The fourth-order valence-electron chi connectivity index (χ4n) is 3.20. The normalized spacial score (nSPS) is 15.2. The van der Waals surface area contributed by atoms with Gasteiger partial charge in [0, 0.05) is 43.6 Å². The van der Waals surface area contributed by atoms with Gasteiger partial charge >= 0.3 is 0 Å². The van der Waals surface area contributed by atoms with Gasteiger partial charge in [0.2, 0.25) is 11.8 Å². The van der Waals surface area contributed by atoms with E-state index in [0.29, 0.717) is 38.2 Å². The summed E-state index contributed by atoms with van der Waals surface area (Å²) in [6, 6.07) is 9.79. The lowest BCUT2D eigenvalue weighted by molar-refractivity contribution is -0.134. The Kier molecular flexibility index (Phi) is 5.16. The maximum atomic E-state index is 12.5. The number of hydrogen-bond donors (Lipinski definition) is 1. The van der Waals surface area contributed by atoms with Crippen LogP contribution in [0.15, 0.2) is 34.9 Å². The topological polar surface area (TPSA) is 75.4 Å². The molecule has 132 valence electrons. The van der Waals surface area contributed by atoms with Crippen molar-refractivity contribution in [3.63, 3.8) is 0 Å². The quantitative estimate of drug-likeness (QED) is 0.927. The molecule has 0 spiro atoms. The minimum Gasteiger partial charge on any atom is -0.361 e. The average Bonchev–Trinajstić information content (AvgIpc) is 3.01. The molecule has 25 heavy (non-hydrogen) atoms. The number of amides is 2. The number of aryl methyl sites for hydroxylation is 1. The summed E-state index contributed by atoms with van der Waals surface area (Å²) in [5, 5.41) is 7.14. The van der Waals surface area contributed by atoms with Crippen LogP contribution in [0.2, 0.25) is 0 Å². The van der Waals surface area contributed by atoms with E-state index in [1.165, 1.54) is 0 Å². The van der Waals surface area contributed by atoms with Crippen LogP contribution in [0.4, 0.5) is 0 Å². The standard InChI is InChI=1S/C19H23N3O3/c1-13-17(18(21-25-13)15-6-4-3-5-7-15)12-20-19(24)16-8-10-22(11-9-16)14(2)23/h3-7,16H,8-12H2,1-2H3,(H,20,24). The number of likely N-dealkylation sites (tertiary alicyclic amines) is 1. The van der Waals surface area contributed by atoms with Gasteiger partial charge in [0.15, 0.2) is 0 Å². The molecule has 1 aromatic heterocycles. The minimum absolute atomic E-state index is 0.0304. The maximum absolute atomic E-state index is 12.5. The first-order chi connectivity index (χ1) is 12.1. The monoisotopic (exact) mass is 341 g/mol.